The minimum absolute atomic E-state index is 0.0926. The van der Waals surface area contributed by atoms with Crippen LogP contribution in [-0.4, -0.2) is 11.4 Å². The molecule has 2 N–H and O–H groups in total. The van der Waals surface area contributed by atoms with Crippen molar-refractivity contribution < 1.29 is 4.79 Å². The highest BCUT2D eigenvalue weighted by Gasteiger charge is 2.43. The SMILES string of the molecule is C[C@@H]1CCCC[C@]12CC(=O)NN2. The van der Waals surface area contributed by atoms with Crippen molar-refractivity contribution in [1.29, 1.82) is 0 Å². The van der Waals surface area contributed by atoms with Gasteiger partial charge in [0.15, 0.2) is 0 Å². The molecule has 2 fully saturated rings. The Kier molecular flexibility index (Phi) is 1.83. The Bertz CT molecular complexity index is 205. The molecule has 1 aliphatic heterocycles. The summed E-state index contributed by atoms with van der Waals surface area (Å²) in [5.41, 5.74) is 5.99. The summed E-state index contributed by atoms with van der Waals surface area (Å²) in [4.78, 5) is 11.1. The molecule has 1 saturated carbocycles. The number of hydrogen-bond donors (Lipinski definition) is 2. The van der Waals surface area contributed by atoms with Crippen molar-refractivity contribution in [2.75, 3.05) is 0 Å². The Labute approximate surface area is 72.9 Å². The molecule has 12 heavy (non-hydrogen) atoms. The number of hydrazine groups is 1. The molecule has 68 valence electrons. The van der Waals surface area contributed by atoms with E-state index in [2.05, 4.69) is 17.8 Å². The van der Waals surface area contributed by atoms with Crippen molar-refractivity contribution in [3.05, 3.63) is 0 Å². The lowest BCUT2D eigenvalue weighted by atomic mass is 9.73. The van der Waals surface area contributed by atoms with Crippen LogP contribution in [-0.2, 0) is 4.79 Å². The molecule has 0 aromatic carbocycles. The van der Waals surface area contributed by atoms with Gasteiger partial charge in [-0.05, 0) is 18.8 Å². The number of hydrogen-bond acceptors (Lipinski definition) is 2. The predicted molar refractivity (Wildman–Crippen MR) is 46.3 cm³/mol. The van der Waals surface area contributed by atoms with E-state index in [1.165, 1.54) is 19.3 Å². The van der Waals surface area contributed by atoms with E-state index in [1.807, 2.05) is 0 Å². The van der Waals surface area contributed by atoms with Gasteiger partial charge in [-0.25, -0.2) is 5.43 Å². The molecule has 0 unspecified atom stereocenters. The van der Waals surface area contributed by atoms with Gasteiger partial charge < -0.3 is 0 Å². The lowest BCUT2D eigenvalue weighted by Gasteiger charge is -2.38. The van der Waals surface area contributed by atoms with Crippen LogP contribution in [0.15, 0.2) is 0 Å². The molecular weight excluding hydrogens is 152 g/mol. The van der Waals surface area contributed by atoms with Gasteiger partial charge in [-0.2, -0.15) is 0 Å². The van der Waals surface area contributed by atoms with Crippen LogP contribution in [0.3, 0.4) is 0 Å². The molecule has 0 radical (unpaired) electrons. The Hall–Kier alpha value is -0.570. The van der Waals surface area contributed by atoms with E-state index in [0.717, 1.165) is 6.42 Å². The Morgan fingerprint density at radius 1 is 1.50 bits per heavy atom. The van der Waals surface area contributed by atoms with Crippen LogP contribution < -0.4 is 10.9 Å². The zero-order valence-corrected chi connectivity index (χ0v) is 7.52. The van der Waals surface area contributed by atoms with Crippen molar-refractivity contribution in [3.8, 4) is 0 Å². The second-order valence-electron chi connectivity index (χ2n) is 4.15. The lowest BCUT2D eigenvalue weighted by Crippen LogP contribution is -2.50. The summed E-state index contributed by atoms with van der Waals surface area (Å²) in [5, 5.41) is 0. The molecule has 2 atom stereocenters. The number of carbonyl (C=O) groups is 1. The van der Waals surface area contributed by atoms with Gasteiger partial charge in [0.1, 0.15) is 0 Å². The maximum atomic E-state index is 11.1. The molecule has 1 aliphatic carbocycles. The fourth-order valence-electron chi connectivity index (χ4n) is 2.43. The monoisotopic (exact) mass is 168 g/mol. The summed E-state index contributed by atoms with van der Waals surface area (Å²) in [6, 6.07) is 0. The van der Waals surface area contributed by atoms with E-state index in [0.29, 0.717) is 12.3 Å². The molecule has 0 aromatic rings. The summed E-state index contributed by atoms with van der Waals surface area (Å²) in [6.07, 6.45) is 5.65. The van der Waals surface area contributed by atoms with E-state index in [1.54, 1.807) is 0 Å². The molecule has 3 heteroatoms. The average molecular weight is 168 g/mol. The largest absolute Gasteiger partial charge is 0.291 e. The normalized spacial score (nSPS) is 41.8. The Morgan fingerprint density at radius 2 is 2.33 bits per heavy atom. The topological polar surface area (TPSA) is 41.1 Å². The van der Waals surface area contributed by atoms with E-state index >= 15 is 0 Å². The highest BCUT2D eigenvalue weighted by molar-refractivity contribution is 5.79. The highest BCUT2D eigenvalue weighted by Crippen LogP contribution is 2.37. The van der Waals surface area contributed by atoms with Crippen molar-refractivity contribution in [2.24, 2.45) is 5.92 Å². The van der Waals surface area contributed by atoms with Crippen molar-refractivity contribution in [2.45, 2.75) is 44.6 Å². The molecule has 2 aliphatic rings. The smallest absolute Gasteiger partial charge is 0.236 e. The number of amides is 1. The third-order valence-electron chi connectivity index (χ3n) is 3.38. The molecular formula is C9H16N2O. The minimum atomic E-state index is 0.0926. The third kappa shape index (κ3) is 1.12. The zero-order chi connectivity index (χ0) is 8.60. The zero-order valence-electron chi connectivity index (χ0n) is 7.52. The lowest BCUT2D eigenvalue weighted by molar-refractivity contribution is -0.119. The quantitative estimate of drug-likeness (QED) is 0.565. The fraction of sp³-hybridized carbons (Fsp3) is 0.889. The molecule has 2 rings (SSSR count). The van der Waals surface area contributed by atoms with Crippen LogP contribution in [0.5, 0.6) is 0 Å². The highest BCUT2D eigenvalue weighted by atomic mass is 16.2. The predicted octanol–water partition coefficient (Wildman–Crippen LogP) is 0.960. The second kappa shape index (κ2) is 2.73. The van der Waals surface area contributed by atoms with E-state index in [9.17, 15) is 4.79 Å². The average Bonchev–Trinajstić information content (AvgIpc) is 2.41. The van der Waals surface area contributed by atoms with Gasteiger partial charge >= 0.3 is 0 Å². The Morgan fingerprint density at radius 3 is 2.92 bits per heavy atom. The molecule has 1 saturated heterocycles. The van der Waals surface area contributed by atoms with Crippen LogP contribution in [0.25, 0.3) is 0 Å². The van der Waals surface area contributed by atoms with Crippen molar-refractivity contribution in [1.82, 2.24) is 10.9 Å². The van der Waals surface area contributed by atoms with Crippen LogP contribution in [0.4, 0.5) is 0 Å². The van der Waals surface area contributed by atoms with Gasteiger partial charge in [0.05, 0.1) is 0 Å². The first-order chi connectivity index (χ1) is 5.73. The molecule has 0 aromatic heterocycles. The molecule has 0 bridgehead atoms. The van der Waals surface area contributed by atoms with Crippen molar-refractivity contribution >= 4 is 5.91 Å². The minimum Gasteiger partial charge on any atom is -0.291 e. The summed E-state index contributed by atoms with van der Waals surface area (Å²) in [6.45, 7) is 2.24. The standard InChI is InChI=1S/C9H16N2O/c1-7-4-2-3-5-9(7)6-8(12)10-11-9/h7,11H,2-6H2,1H3,(H,10,12)/t7-,9+/m1/s1. The summed E-state index contributed by atoms with van der Waals surface area (Å²) < 4.78 is 0. The number of carbonyl (C=O) groups excluding carboxylic acids is 1. The first-order valence-electron chi connectivity index (χ1n) is 4.79. The van der Waals surface area contributed by atoms with Gasteiger partial charge in [0, 0.05) is 12.0 Å². The van der Waals surface area contributed by atoms with Crippen LogP contribution >= 0.6 is 0 Å². The molecule has 1 spiro atoms. The molecule has 1 heterocycles. The van der Waals surface area contributed by atoms with Gasteiger partial charge in [0.25, 0.3) is 0 Å². The third-order valence-corrected chi connectivity index (χ3v) is 3.38. The van der Waals surface area contributed by atoms with Gasteiger partial charge in [0.2, 0.25) is 5.91 Å². The molecule has 1 amide bonds. The van der Waals surface area contributed by atoms with E-state index in [-0.39, 0.29) is 11.4 Å². The van der Waals surface area contributed by atoms with Crippen LogP contribution in [0, 0.1) is 5.92 Å². The van der Waals surface area contributed by atoms with Crippen LogP contribution in [0.2, 0.25) is 0 Å². The summed E-state index contributed by atoms with van der Waals surface area (Å²) >= 11 is 0. The van der Waals surface area contributed by atoms with Gasteiger partial charge in [-0.1, -0.05) is 19.8 Å². The Balaban J connectivity index is 2.12. The van der Waals surface area contributed by atoms with E-state index < -0.39 is 0 Å². The maximum Gasteiger partial charge on any atom is 0.236 e. The van der Waals surface area contributed by atoms with Crippen LogP contribution in [0.1, 0.15) is 39.0 Å². The van der Waals surface area contributed by atoms with E-state index in [4.69, 9.17) is 0 Å². The van der Waals surface area contributed by atoms with Gasteiger partial charge in [-0.15, -0.1) is 0 Å². The first kappa shape index (κ1) is 8.05. The van der Waals surface area contributed by atoms with Gasteiger partial charge in [-0.3, -0.25) is 10.2 Å². The first-order valence-corrected chi connectivity index (χ1v) is 4.79. The molecule has 3 nitrogen and oxygen atoms in total. The number of nitrogens with one attached hydrogen (secondary N) is 2. The maximum absolute atomic E-state index is 11.1. The van der Waals surface area contributed by atoms with Crippen molar-refractivity contribution in [3.63, 3.8) is 0 Å². The fourth-order valence-corrected chi connectivity index (χ4v) is 2.43. The summed E-state index contributed by atoms with van der Waals surface area (Å²) in [7, 11) is 0. The second-order valence-corrected chi connectivity index (χ2v) is 4.15. The number of rotatable bonds is 0. The summed E-state index contributed by atoms with van der Waals surface area (Å²) in [5.74, 6) is 0.786.